The van der Waals surface area contributed by atoms with Gasteiger partial charge in [-0.05, 0) is 30.7 Å². The molecule has 1 atom stereocenters. The van der Waals surface area contributed by atoms with Crippen molar-refractivity contribution in [1.82, 2.24) is 4.72 Å². The molecule has 8 heteroatoms. The molecular weight excluding hydrogens is 353 g/mol. The van der Waals surface area contributed by atoms with Crippen molar-refractivity contribution >= 4 is 44.6 Å². The van der Waals surface area contributed by atoms with Gasteiger partial charge in [0.05, 0.1) is 11.5 Å². The zero-order valence-electron chi connectivity index (χ0n) is 11.0. The zero-order chi connectivity index (χ0) is 15.6. The summed E-state index contributed by atoms with van der Waals surface area (Å²) in [4.78, 5) is 0.723. The molecule has 0 aliphatic rings. The molecule has 0 amide bonds. The lowest BCUT2D eigenvalue weighted by molar-refractivity contribution is 0.285. The molecule has 0 aliphatic heterocycles. The van der Waals surface area contributed by atoms with E-state index in [1.807, 2.05) is 0 Å². The third kappa shape index (κ3) is 3.97. The molecule has 0 spiro atoms. The summed E-state index contributed by atoms with van der Waals surface area (Å²) < 4.78 is 27.1. The van der Waals surface area contributed by atoms with E-state index in [2.05, 4.69) is 4.72 Å². The number of aliphatic hydroxyl groups is 1. The summed E-state index contributed by atoms with van der Waals surface area (Å²) in [5.74, 6) is 0. The maximum absolute atomic E-state index is 12.3. The van der Waals surface area contributed by atoms with E-state index in [0.717, 1.165) is 0 Å². The first-order valence-corrected chi connectivity index (χ1v) is 9.11. The number of thiophene rings is 1. The van der Waals surface area contributed by atoms with Gasteiger partial charge >= 0.3 is 0 Å². The first-order valence-electron chi connectivity index (χ1n) is 5.99. The van der Waals surface area contributed by atoms with E-state index in [1.165, 1.54) is 22.8 Å². The summed E-state index contributed by atoms with van der Waals surface area (Å²) in [5, 5.41) is 11.4. The van der Waals surface area contributed by atoms with Crippen LogP contribution in [0.1, 0.15) is 23.4 Å². The van der Waals surface area contributed by atoms with Crippen LogP contribution in [0.4, 0.5) is 0 Å². The summed E-state index contributed by atoms with van der Waals surface area (Å²) in [6.45, 7) is 1.52. The fourth-order valence-corrected chi connectivity index (χ4v) is 4.73. The van der Waals surface area contributed by atoms with Gasteiger partial charge in [-0.2, -0.15) is 0 Å². The van der Waals surface area contributed by atoms with Crippen LogP contribution >= 0.6 is 34.5 Å². The third-order valence-corrected chi connectivity index (χ3v) is 6.01. The Labute approximate surface area is 137 Å². The molecule has 0 saturated heterocycles. The van der Waals surface area contributed by atoms with Crippen molar-refractivity contribution in [2.75, 3.05) is 0 Å². The molecule has 1 aromatic carbocycles. The van der Waals surface area contributed by atoms with E-state index in [0.29, 0.717) is 20.5 Å². The van der Waals surface area contributed by atoms with Gasteiger partial charge in [0.25, 0.3) is 0 Å². The number of rotatable bonds is 5. The summed E-state index contributed by atoms with van der Waals surface area (Å²) in [6, 6.07) is 5.85. The molecule has 114 valence electrons. The third-order valence-electron chi connectivity index (χ3n) is 2.86. The highest BCUT2D eigenvalue weighted by Gasteiger charge is 2.21. The lowest BCUT2D eigenvalue weighted by atomic mass is 10.1. The molecule has 0 radical (unpaired) electrons. The second-order valence-corrected chi connectivity index (χ2v) is 7.97. The molecule has 0 saturated carbocycles. The van der Waals surface area contributed by atoms with Crippen molar-refractivity contribution in [2.45, 2.75) is 24.5 Å². The van der Waals surface area contributed by atoms with Crippen molar-refractivity contribution in [3.05, 3.63) is 50.1 Å². The Morgan fingerprint density at radius 3 is 2.62 bits per heavy atom. The predicted octanol–water partition coefficient (Wildman–Crippen LogP) is 3.59. The van der Waals surface area contributed by atoms with E-state index < -0.39 is 16.1 Å². The number of halogens is 2. The van der Waals surface area contributed by atoms with Gasteiger partial charge in [-0.15, -0.1) is 11.3 Å². The highest BCUT2D eigenvalue weighted by atomic mass is 35.5. The van der Waals surface area contributed by atoms with E-state index in [1.54, 1.807) is 25.1 Å². The molecule has 0 fully saturated rings. The fourth-order valence-electron chi connectivity index (χ4n) is 1.80. The van der Waals surface area contributed by atoms with Crippen molar-refractivity contribution in [1.29, 1.82) is 0 Å². The van der Waals surface area contributed by atoms with Gasteiger partial charge in [0.1, 0.15) is 0 Å². The zero-order valence-corrected chi connectivity index (χ0v) is 14.2. The number of hydrogen-bond acceptors (Lipinski definition) is 4. The van der Waals surface area contributed by atoms with Crippen LogP contribution < -0.4 is 4.72 Å². The van der Waals surface area contributed by atoms with E-state index in [-0.39, 0.29) is 11.5 Å². The first kappa shape index (κ1) is 16.7. The van der Waals surface area contributed by atoms with Crippen LogP contribution in [0.25, 0.3) is 0 Å². The highest BCUT2D eigenvalue weighted by molar-refractivity contribution is 7.89. The number of hydrogen-bond donors (Lipinski definition) is 2. The summed E-state index contributed by atoms with van der Waals surface area (Å²) in [6.07, 6.45) is 0. The molecule has 21 heavy (non-hydrogen) atoms. The van der Waals surface area contributed by atoms with Gasteiger partial charge in [0, 0.05) is 26.3 Å². The second kappa shape index (κ2) is 6.64. The van der Waals surface area contributed by atoms with Crippen LogP contribution in [0, 0.1) is 0 Å². The molecule has 0 bridgehead atoms. The normalized spacial score (nSPS) is 13.3. The van der Waals surface area contributed by atoms with Crippen LogP contribution in [-0.4, -0.2) is 13.5 Å². The quantitative estimate of drug-likeness (QED) is 0.850. The Hall–Kier alpha value is -0.630. The summed E-state index contributed by atoms with van der Waals surface area (Å²) in [5.41, 5.74) is 0.641. The van der Waals surface area contributed by atoms with Crippen LogP contribution in [-0.2, 0) is 16.6 Å². The molecule has 2 rings (SSSR count). The minimum absolute atomic E-state index is 0.133. The van der Waals surface area contributed by atoms with E-state index in [9.17, 15) is 8.42 Å². The molecule has 1 aromatic heterocycles. The molecule has 2 aromatic rings. The second-order valence-electron chi connectivity index (χ2n) is 4.42. The first-order chi connectivity index (χ1) is 9.83. The average Bonchev–Trinajstić information content (AvgIpc) is 2.87. The maximum atomic E-state index is 12.3. The van der Waals surface area contributed by atoms with Gasteiger partial charge in [-0.1, -0.05) is 29.3 Å². The summed E-state index contributed by atoms with van der Waals surface area (Å²) in [7, 11) is -3.67. The molecule has 1 unspecified atom stereocenters. The number of aliphatic hydroxyl groups excluding tert-OH is 1. The largest absolute Gasteiger partial charge is 0.391 e. The highest BCUT2D eigenvalue weighted by Crippen LogP contribution is 2.28. The van der Waals surface area contributed by atoms with Gasteiger partial charge in [0.2, 0.25) is 10.0 Å². The minimum Gasteiger partial charge on any atom is -0.391 e. The van der Waals surface area contributed by atoms with Crippen LogP contribution in [0.3, 0.4) is 0 Å². The Morgan fingerprint density at radius 2 is 2.05 bits per heavy atom. The summed E-state index contributed by atoms with van der Waals surface area (Å²) >= 11 is 13.1. The molecule has 0 aliphatic carbocycles. The monoisotopic (exact) mass is 365 g/mol. The van der Waals surface area contributed by atoms with Crippen molar-refractivity contribution in [3.63, 3.8) is 0 Å². The van der Waals surface area contributed by atoms with Crippen LogP contribution in [0.5, 0.6) is 0 Å². The minimum atomic E-state index is -3.67. The van der Waals surface area contributed by atoms with Crippen molar-refractivity contribution < 1.29 is 13.5 Å². The molecule has 4 nitrogen and oxygen atoms in total. The lowest BCUT2D eigenvalue weighted by Crippen LogP contribution is -2.26. The predicted molar refractivity (Wildman–Crippen MR) is 85.4 cm³/mol. The molecule has 2 N–H and O–H groups in total. The average molecular weight is 366 g/mol. The Balaban J connectivity index is 2.23. The Morgan fingerprint density at radius 1 is 1.33 bits per heavy atom. The number of benzene rings is 1. The number of nitrogens with one attached hydrogen (secondary N) is 1. The lowest BCUT2D eigenvalue weighted by Gasteiger charge is -2.15. The molecule has 1 heterocycles. The van der Waals surface area contributed by atoms with Gasteiger partial charge in [-0.25, -0.2) is 13.1 Å². The topological polar surface area (TPSA) is 66.4 Å². The van der Waals surface area contributed by atoms with Gasteiger partial charge in [0.15, 0.2) is 0 Å². The number of sulfonamides is 1. The van der Waals surface area contributed by atoms with Crippen molar-refractivity contribution in [2.24, 2.45) is 0 Å². The van der Waals surface area contributed by atoms with E-state index in [4.69, 9.17) is 28.3 Å². The van der Waals surface area contributed by atoms with Gasteiger partial charge < -0.3 is 5.11 Å². The Kier molecular flexibility index (Phi) is 5.29. The van der Waals surface area contributed by atoms with Crippen LogP contribution in [0.15, 0.2) is 34.5 Å². The van der Waals surface area contributed by atoms with Crippen LogP contribution in [0.2, 0.25) is 10.0 Å². The maximum Gasteiger partial charge on any atom is 0.241 e. The fraction of sp³-hybridized carbons (Fsp3) is 0.231. The Bertz CT molecular complexity index is 744. The smallest absolute Gasteiger partial charge is 0.241 e. The standard InChI is InChI=1S/C13H13Cl2NO3S2/c1-8(12-3-2-9(14)4-13(12)15)16-21(18,19)11-5-10(6-17)20-7-11/h2-5,7-8,16-17H,6H2,1H3. The SMILES string of the molecule is CC(NS(=O)(=O)c1csc(CO)c1)c1ccc(Cl)cc1Cl. The van der Waals surface area contributed by atoms with Gasteiger partial charge in [-0.3, -0.25) is 0 Å². The molecular formula is C13H13Cl2NO3S2. The van der Waals surface area contributed by atoms with E-state index >= 15 is 0 Å². The van der Waals surface area contributed by atoms with Crippen molar-refractivity contribution in [3.8, 4) is 0 Å².